The number of carbonyl (C=O) groups is 1. The van der Waals surface area contributed by atoms with Gasteiger partial charge < -0.3 is 9.73 Å². The number of fused-ring (bicyclic) bond motifs is 1. The Labute approximate surface area is 148 Å². The number of thiophene rings is 1. The van der Waals surface area contributed by atoms with Gasteiger partial charge in [0.15, 0.2) is 5.78 Å². The highest BCUT2D eigenvalue weighted by Crippen LogP contribution is 2.45. The average molecular weight is 352 g/mol. The fourth-order valence-corrected chi connectivity index (χ4v) is 4.80. The van der Waals surface area contributed by atoms with Gasteiger partial charge >= 0.3 is 0 Å². The van der Waals surface area contributed by atoms with E-state index in [1.807, 2.05) is 16.8 Å². The van der Waals surface area contributed by atoms with Gasteiger partial charge in [-0.2, -0.15) is 10.1 Å². The summed E-state index contributed by atoms with van der Waals surface area (Å²) in [7, 11) is 0. The summed E-state index contributed by atoms with van der Waals surface area (Å²) in [4.78, 5) is 18.6. The van der Waals surface area contributed by atoms with Crippen LogP contribution in [0.3, 0.4) is 0 Å². The van der Waals surface area contributed by atoms with Crippen molar-refractivity contribution in [2.45, 2.75) is 31.7 Å². The number of Topliss-reactive ketones (excluding diaryl/α,β-unsaturated/α-hetero) is 1. The highest BCUT2D eigenvalue weighted by atomic mass is 32.1. The number of allylic oxidation sites excluding steroid dienone is 2. The number of anilines is 1. The van der Waals surface area contributed by atoms with Crippen LogP contribution in [0.2, 0.25) is 0 Å². The van der Waals surface area contributed by atoms with Gasteiger partial charge in [0.1, 0.15) is 18.1 Å². The van der Waals surface area contributed by atoms with Crippen LogP contribution in [0.4, 0.5) is 5.95 Å². The van der Waals surface area contributed by atoms with Crippen LogP contribution in [0.1, 0.15) is 41.0 Å². The fraction of sp³-hybridized carbons (Fsp3) is 0.278. The maximum atomic E-state index is 13.1. The quantitative estimate of drug-likeness (QED) is 0.762. The van der Waals surface area contributed by atoms with E-state index >= 15 is 0 Å². The number of rotatable bonds is 2. The van der Waals surface area contributed by atoms with E-state index in [0.717, 1.165) is 28.3 Å². The predicted octanol–water partition coefficient (Wildman–Crippen LogP) is 3.66. The molecule has 0 amide bonds. The fourth-order valence-electron chi connectivity index (χ4n) is 3.78. The van der Waals surface area contributed by atoms with Crippen LogP contribution < -0.4 is 5.32 Å². The lowest BCUT2D eigenvalue weighted by atomic mass is 9.80. The number of ketones is 1. The summed E-state index contributed by atoms with van der Waals surface area (Å²) >= 11 is 1.66. The van der Waals surface area contributed by atoms with Crippen LogP contribution in [0.25, 0.3) is 0 Å². The number of hydrogen-bond donors (Lipinski definition) is 1. The van der Waals surface area contributed by atoms with Crippen LogP contribution in [0.15, 0.2) is 51.9 Å². The molecule has 0 radical (unpaired) electrons. The Kier molecular flexibility index (Phi) is 3.18. The molecule has 2 atom stereocenters. The van der Waals surface area contributed by atoms with Crippen LogP contribution in [0, 0.1) is 6.92 Å². The number of nitrogens with zero attached hydrogens (tertiary/aromatic N) is 3. The first kappa shape index (κ1) is 14.7. The molecular formula is C18H16N4O2S. The molecule has 1 aliphatic carbocycles. The SMILES string of the molecule is Cc1ccsc1[C@H]1C2=C(C[C@H](c3ccco3)CC2=O)Nc2ncnn21. The van der Waals surface area contributed by atoms with E-state index in [0.29, 0.717) is 12.4 Å². The zero-order valence-corrected chi connectivity index (χ0v) is 14.4. The van der Waals surface area contributed by atoms with Gasteiger partial charge in [0.05, 0.1) is 6.26 Å². The summed E-state index contributed by atoms with van der Waals surface area (Å²) in [6.45, 7) is 2.07. The van der Waals surface area contributed by atoms with Crippen molar-refractivity contribution in [2.24, 2.45) is 0 Å². The minimum absolute atomic E-state index is 0.0632. The number of furan rings is 1. The molecule has 0 fully saturated rings. The van der Waals surface area contributed by atoms with Gasteiger partial charge in [-0.1, -0.05) is 0 Å². The van der Waals surface area contributed by atoms with Crippen molar-refractivity contribution < 1.29 is 9.21 Å². The van der Waals surface area contributed by atoms with Gasteiger partial charge in [-0.05, 0) is 42.5 Å². The normalized spacial score (nSPS) is 22.5. The van der Waals surface area contributed by atoms with Crippen LogP contribution in [0.5, 0.6) is 0 Å². The number of aryl methyl sites for hydroxylation is 1. The molecule has 4 heterocycles. The zero-order valence-electron chi connectivity index (χ0n) is 13.6. The van der Waals surface area contributed by atoms with Crippen molar-refractivity contribution in [3.63, 3.8) is 0 Å². The molecule has 6 nitrogen and oxygen atoms in total. The summed E-state index contributed by atoms with van der Waals surface area (Å²) in [5, 5.41) is 9.76. The van der Waals surface area contributed by atoms with E-state index in [9.17, 15) is 4.79 Å². The Morgan fingerprint density at radius 1 is 1.36 bits per heavy atom. The second kappa shape index (κ2) is 5.42. The molecule has 0 aromatic carbocycles. The summed E-state index contributed by atoms with van der Waals surface area (Å²) in [5.41, 5.74) is 2.92. The van der Waals surface area contributed by atoms with Gasteiger partial charge in [0.25, 0.3) is 0 Å². The molecule has 5 rings (SSSR count). The van der Waals surface area contributed by atoms with Crippen LogP contribution in [-0.2, 0) is 4.79 Å². The van der Waals surface area contributed by atoms with Crippen LogP contribution in [-0.4, -0.2) is 20.5 Å². The minimum Gasteiger partial charge on any atom is -0.469 e. The van der Waals surface area contributed by atoms with E-state index in [4.69, 9.17) is 4.42 Å². The van der Waals surface area contributed by atoms with Gasteiger partial charge in [-0.15, -0.1) is 11.3 Å². The summed E-state index contributed by atoms with van der Waals surface area (Å²) in [6, 6.07) is 5.69. The third kappa shape index (κ3) is 2.19. The predicted molar refractivity (Wildman–Crippen MR) is 93.6 cm³/mol. The Hall–Kier alpha value is -2.67. The van der Waals surface area contributed by atoms with Crippen molar-refractivity contribution in [1.29, 1.82) is 0 Å². The molecule has 0 spiro atoms. The van der Waals surface area contributed by atoms with E-state index in [1.165, 1.54) is 11.9 Å². The van der Waals surface area contributed by atoms with Gasteiger partial charge in [0.2, 0.25) is 5.95 Å². The lowest BCUT2D eigenvalue weighted by Gasteiger charge is -2.34. The van der Waals surface area contributed by atoms with Gasteiger partial charge in [-0.25, -0.2) is 4.68 Å². The Morgan fingerprint density at radius 2 is 2.28 bits per heavy atom. The molecule has 3 aromatic heterocycles. The topological polar surface area (TPSA) is 73.0 Å². The maximum absolute atomic E-state index is 13.1. The van der Waals surface area contributed by atoms with E-state index in [1.54, 1.807) is 17.6 Å². The molecular weight excluding hydrogens is 336 g/mol. The van der Waals surface area contributed by atoms with Crippen molar-refractivity contribution in [3.05, 3.63) is 63.6 Å². The molecule has 2 aliphatic rings. The molecule has 126 valence electrons. The minimum atomic E-state index is -0.196. The maximum Gasteiger partial charge on any atom is 0.226 e. The second-order valence-corrected chi connectivity index (χ2v) is 7.41. The smallest absolute Gasteiger partial charge is 0.226 e. The lowest BCUT2D eigenvalue weighted by molar-refractivity contribution is -0.116. The van der Waals surface area contributed by atoms with Gasteiger partial charge in [-0.3, -0.25) is 4.79 Å². The first-order valence-corrected chi connectivity index (χ1v) is 9.10. The summed E-state index contributed by atoms with van der Waals surface area (Å²) in [5.74, 6) is 1.75. The number of aromatic nitrogens is 3. The van der Waals surface area contributed by atoms with Crippen molar-refractivity contribution in [1.82, 2.24) is 14.8 Å². The Morgan fingerprint density at radius 3 is 3.04 bits per heavy atom. The monoisotopic (exact) mass is 352 g/mol. The summed E-state index contributed by atoms with van der Waals surface area (Å²) in [6.07, 6.45) is 4.39. The molecule has 1 N–H and O–H groups in total. The first-order valence-electron chi connectivity index (χ1n) is 8.22. The molecule has 3 aromatic rings. The molecule has 1 aliphatic heterocycles. The zero-order chi connectivity index (χ0) is 17.0. The number of carbonyl (C=O) groups excluding carboxylic acids is 1. The highest BCUT2D eigenvalue weighted by molar-refractivity contribution is 7.10. The number of nitrogens with one attached hydrogen (secondary N) is 1. The Bertz CT molecular complexity index is 983. The second-order valence-electron chi connectivity index (χ2n) is 6.46. The molecule has 0 bridgehead atoms. The van der Waals surface area contributed by atoms with E-state index in [-0.39, 0.29) is 17.7 Å². The molecule has 0 unspecified atom stereocenters. The molecule has 25 heavy (non-hydrogen) atoms. The van der Waals surface area contributed by atoms with Crippen molar-refractivity contribution in [2.75, 3.05) is 5.32 Å². The molecule has 0 saturated heterocycles. The lowest BCUT2D eigenvalue weighted by Crippen LogP contribution is -2.33. The molecule has 7 heteroatoms. The van der Waals surface area contributed by atoms with Gasteiger partial charge in [0, 0.05) is 28.5 Å². The third-order valence-electron chi connectivity index (χ3n) is 4.96. The number of hydrogen-bond acceptors (Lipinski definition) is 6. The third-order valence-corrected chi connectivity index (χ3v) is 6.03. The Balaban J connectivity index is 1.64. The first-order chi connectivity index (χ1) is 12.2. The average Bonchev–Trinajstić information content (AvgIpc) is 3.34. The van der Waals surface area contributed by atoms with E-state index < -0.39 is 0 Å². The standard InChI is InChI=1S/C18H16N4O2S/c1-10-4-6-25-17(10)16-15-12(21-18-19-9-20-22(16)18)7-11(8-13(15)23)14-3-2-5-24-14/h2-6,9,11,16H,7-8H2,1H3,(H,19,20,21)/t11-,16+/m0/s1. The summed E-state index contributed by atoms with van der Waals surface area (Å²) < 4.78 is 7.36. The van der Waals surface area contributed by atoms with Crippen molar-refractivity contribution >= 4 is 23.1 Å². The highest BCUT2D eigenvalue weighted by Gasteiger charge is 2.40. The molecule has 0 saturated carbocycles. The largest absolute Gasteiger partial charge is 0.469 e. The van der Waals surface area contributed by atoms with Crippen molar-refractivity contribution in [3.8, 4) is 0 Å². The van der Waals surface area contributed by atoms with Crippen LogP contribution >= 0.6 is 11.3 Å². The van der Waals surface area contributed by atoms with E-state index in [2.05, 4.69) is 33.8 Å².